The van der Waals surface area contributed by atoms with Crippen molar-refractivity contribution in [1.29, 1.82) is 0 Å². The fraction of sp³-hybridized carbons (Fsp3) is 0.316. The number of hydrogen-bond acceptors (Lipinski definition) is 2. The predicted molar refractivity (Wildman–Crippen MR) is 91.8 cm³/mol. The maximum atomic E-state index is 13.0. The van der Waals surface area contributed by atoms with E-state index in [4.69, 9.17) is 0 Å². The maximum absolute atomic E-state index is 13.0. The van der Waals surface area contributed by atoms with Gasteiger partial charge in [-0.05, 0) is 41.7 Å². The van der Waals surface area contributed by atoms with E-state index in [0.717, 1.165) is 23.6 Å². The molecular formula is C19H19F3N2O2. The minimum Gasteiger partial charge on any atom is -0.393 e. The van der Waals surface area contributed by atoms with E-state index in [2.05, 4.69) is 10.6 Å². The van der Waals surface area contributed by atoms with Gasteiger partial charge in [-0.25, -0.2) is 4.79 Å². The van der Waals surface area contributed by atoms with E-state index in [-0.39, 0.29) is 12.1 Å². The maximum Gasteiger partial charge on any atom is 0.416 e. The Kier molecular flexibility index (Phi) is 5.18. The number of carbonyl (C=O) groups excluding carboxylic acids is 1. The van der Waals surface area contributed by atoms with Crippen molar-refractivity contribution in [2.24, 2.45) is 0 Å². The van der Waals surface area contributed by atoms with Gasteiger partial charge >= 0.3 is 12.2 Å². The molecule has 4 nitrogen and oxygen atoms in total. The van der Waals surface area contributed by atoms with Crippen molar-refractivity contribution in [2.75, 3.05) is 5.32 Å². The summed E-state index contributed by atoms with van der Waals surface area (Å²) in [5, 5.41) is 15.0. The van der Waals surface area contributed by atoms with Crippen LogP contribution in [0, 0.1) is 0 Å². The van der Waals surface area contributed by atoms with E-state index in [1.807, 2.05) is 12.1 Å². The molecule has 138 valence electrons. The fourth-order valence-electron chi connectivity index (χ4n) is 3.18. The van der Waals surface area contributed by atoms with Gasteiger partial charge in [0.25, 0.3) is 0 Å². The molecular weight excluding hydrogens is 345 g/mol. The summed E-state index contributed by atoms with van der Waals surface area (Å²) >= 11 is 0. The van der Waals surface area contributed by atoms with Crippen LogP contribution in [-0.2, 0) is 25.6 Å². The first-order valence-corrected chi connectivity index (χ1v) is 8.33. The quantitative estimate of drug-likeness (QED) is 0.774. The molecule has 0 radical (unpaired) electrons. The Morgan fingerprint density at radius 3 is 2.69 bits per heavy atom. The van der Waals surface area contributed by atoms with Crippen LogP contribution in [0.2, 0.25) is 0 Å². The minimum atomic E-state index is -4.47. The lowest BCUT2D eigenvalue weighted by Crippen LogP contribution is -2.30. The summed E-state index contributed by atoms with van der Waals surface area (Å²) in [5.74, 6) is 0. The van der Waals surface area contributed by atoms with E-state index in [1.54, 1.807) is 6.07 Å². The Bertz CT molecular complexity index is 806. The number of anilines is 1. The van der Waals surface area contributed by atoms with E-state index < -0.39 is 23.9 Å². The predicted octanol–water partition coefficient (Wildman–Crippen LogP) is 3.88. The highest BCUT2D eigenvalue weighted by Gasteiger charge is 2.32. The minimum absolute atomic E-state index is 0.000614. The summed E-state index contributed by atoms with van der Waals surface area (Å²) in [6.45, 7) is -0.237. The fourth-order valence-corrected chi connectivity index (χ4v) is 3.18. The van der Waals surface area contributed by atoms with Gasteiger partial charge < -0.3 is 15.7 Å². The van der Waals surface area contributed by atoms with Crippen LogP contribution in [0.5, 0.6) is 0 Å². The Morgan fingerprint density at radius 1 is 1.15 bits per heavy atom. The van der Waals surface area contributed by atoms with Crippen molar-refractivity contribution in [2.45, 2.75) is 38.1 Å². The van der Waals surface area contributed by atoms with E-state index >= 15 is 0 Å². The molecule has 0 saturated carbocycles. The van der Waals surface area contributed by atoms with Gasteiger partial charge in [-0.1, -0.05) is 30.3 Å². The molecule has 0 heterocycles. The average Bonchev–Trinajstić information content (AvgIpc) is 2.60. The second-order valence-corrected chi connectivity index (χ2v) is 6.30. The van der Waals surface area contributed by atoms with E-state index in [0.29, 0.717) is 18.5 Å². The Labute approximate surface area is 149 Å². The zero-order chi connectivity index (χ0) is 18.7. The summed E-state index contributed by atoms with van der Waals surface area (Å²) in [5.41, 5.74) is 1.75. The summed E-state index contributed by atoms with van der Waals surface area (Å²) in [4.78, 5) is 12.1. The monoisotopic (exact) mass is 364 g/mol. The molecule has 0 saturated heterocycles. The number of fused-ring (bicyclic) bond motifs is 1. The van der Waals surface area contributed by atoms with Gasteiger partial charge in [0.15, 0.2) is 0 Å². The average molecular weight is 364 g/mol. The lowest BCUT2D eigenvalue weighted by Gasteiger charge is -2.23. The molecule has 0 aliphatic heterocycles. The lowest BCUT2D eigenvalue weighted by molar-refractivity contribution is -0.138. The summed E-state index contributed by atoms with van der Waals surface area (Å²) in [6, 6.07) is 10.0. The molecule has 1 aliphatic rings. The molecule has 0 spiro atoms. The number of carbonyl (C=O) groups is 1. The Morgan fingerprint density at radius 2 is 1.92 bits per heavy atom. The first kappa shape index (κ1) is 18.3. The largest absolute Gasteiger partial charge is 0.416 e. The number of hydrogen-bond donors (Lipinski definition) is 3. The zero-order valence-corrected chi connectivity index (χ0v) is 13.9. The van der Waals surface area contributed by atoms with Gasteiger partial charge in [0.2, 0.25) is 0 Å². The summed E-state index contributed by atoms with van der Waals surface area (Å²) in [6.07, 6.45) is -3.07. The third kappa shape index (κ3) is 4.16. The lowest BCUT2D eigenvalue weighted by atomic mass is 9.88. The number of benzene rings is 2. The van der Waals surface area contributed by atoms with Crippen molar-refractivity contribution in [3.05, 3.63) is 64.7 Å². The molecule has 26 heavy (non-hydrogen) atoms. The first-order chi connectivity index (χ1) is 12.3. The summed E-state index contributed by atoms with van der Waals surface area (Å²) < 4.78 is 39.0. The second-order valence-electron chi connectivity index (χ2n) is 6.30. The smallest absolute Gasteiger partial charge is 0.393 e. The molecule has 1 unspecified atom stereocenters. The van der Waals surface area contributed by atoms with Crippen LogP contribution in [-0.4, -0.2) is 17.2 Å². The zero-order valence-electron chi connectivity index (χ0n) is 13.9. The molecule has 1 aliphatic carbocycles. The van der Waals surface area contributed by atoms with Gasteiger partial charge in [-0.2, -0.15) is 13.2 Å². The van der Waals surface area contributed by atoms with Crippen LogP contribution < -0.4 is 10.6 Å². The van der Waals surface area contributed by atoms with Crippen molar-refractivity contribution < 1.29 is 23.1 Å². The number of rotatable bonds is 3. The van der Waals surface area contributed by atoms with Crippen LogP contribution in [0.4, 0.5) is 23.7 Å². The number of urea groups is 1. The molecule has 1 atom stereocenters. The highest BCUT2D eigenvalue weighted by atomic mass is 19.4. The number of halogens is 3. The van der Waals surface area contributed by atoms with Crippen LogP contribution in [0.3, 0.4) is 0 Å². The first-order valence-electron chi connectivity index (χ1n) is 8.33. The number of nitrogens with one attached hydrogen (secondary N) is 2. The van der Waals surface area contributed by atoms with Gasteiger partial charge in [0, 0.05) is 18.7 Å². The standard InChI is InChI=1S/C19H19F3N2O2/c20-19(21,22)16-6-2-1-4-13(16)11-23-18(26)24-17-7-3-5-12-8-9-14(25)10-15(12)17/h1-7,14,25H,8-11H2,(H2,23,24,26). The summed E-state index contributed by atoms with van der Waals surface area (Å²) in [7, 11) is 0. The molecule has 2 aromatic rings. The number of amides is 2. The van der Waals surface area contributed by atoms with Crippen LogP contribution in [0.15, 0.2) is 42.5 Å². The highest BCUT2D eigenvalue weighted by molar-refractivity contribution is 5.90. The molecule has 7 heteroatoms. The van der Waals surface area contributed by atoms with Gasteiger partial charge in [-0.15, -0.1) is 0 Å². The molecule has 0 fully saturated rings. The third-order valence-corrected chi connectivity index (χ3v) is 4.47. The topological polar surface area (TPSA) is 61.4 Å². The van der Waals surface area contributed by atoms with Crippen molar-refractivity contribution in [1.82, 2.24) is 5.32 Å². The SMILES string of the molecule is O=C(NCc1ccccc1C(F)(F)F)Nc1cccc2c1CC(O)CC2. The van der Waals surface area contributed by atoms with E-state index in [1.165, 1.54) is 18.2 Å². The Hall–Kier alpha value is -2.54. The van der Waals surface area contributed by atoms with Crippen molar-refractivity contribution >= 4 is 11.7 Å². The van der Waals surface area contributed by atoms with Crippen LogP contribution in [0.1, 0.15) is 28.7 Å². The normalized spacial score (nSPS) is 16.7. The molecule has 2 amide bonds. The molecule has 0 aromatic heterocycles. The van der Waals surface area contributed by atoms with Gasteiger partial charge in [-0.3, -0.25) is 0 Å². The number of aryl methyl sites for hydroxylation is 1. The van der Waals surface area contributed by atoms with Crippen molar-refractivity contribution in [3.63, 3.8) is 0 Å². The van der Waals surface area contributed by atoms with Crippen LogP contribution in [0.25, 0.3) is 0 Å². The molecule has 2 aromatic carbocycles. The molecule has 3 N–H and O–H groups in total. The van der Waals surface area contributed by atoms with E-state index in [9.17, 15) is 23.1 Å². The number of aliphatic hydroxyl groups excluding tert-OH is 1. The van der Waals surface area contributed by atoms with Crippen molar-refractivity contribution in [3.8, 4) is 0 Å². The second kappa shape index (κ2) is 7.37. The molecule has 3 rings (SSSR count). The van der Waals surface area contributed by atoms with Gasteiger partial charge in [0.1, 0.15) is 0 Å². The van der Waals surface area contributed by atoms with Crippen LogP contribution >= 0.6 is 0 Å². The number of alkyl halides is 3. The third-order valence-electron chi connectivity index (χ3n) is 4.47. The highest BCUT2D eigenvalue weighted by Crippen LogP contribution is 2.32. The van der Waals surface area contributed by atoms with Gasteiger partial charge in [0.05, 0.1) is 11.7 Å². The molecule has 0 bridgehead atoms. The Balaban J connectivity index is 1.68. The number of aliphatic hydroxyl groups is 1.